The van der Waals surface area contributed by atoms with Gasteiger partial charge in [-0.15, -0.1) is 0 Å². The van der Waals surface area contributed by atoms with E-state index < -0.39 is 0 Å². The number of rotatable bonds is 7. The smallest absolute Gasteiger partial charge is 0.223 e. The van der Waals surface area contributed by atoms with Crippen LogP contribution in [0.5, 0.6) is 0 Å². The van der Waals surface area contributed by atoms with E-state index in [1.807, 2.05) is 35.4 Å². The van der Waals surface area contributed by atoms with Crippen LogP contribution >= 0.6 is 0 Å². The molecular formula is C19H23N3O2. The largest absolute Gasteiger partial charge is 0.376 e. The fourth-order valence-corrected chi connectivity index (χ4v) is 2.95. The Morgan fingerprint density at radius 1 is 1.17 bits per heavy atom. The molecule has 3 heterocycles. The van der Waals surface area contributed by atoms with Crippen LogP contribution in [0.4, 0.5) is 0 Å². The first-order valence-corrected chi connectivity index (χ1v) is 8.48. The lowest BCUT2D eigenvalue weighted by molar-refractivity contribution is -0.133. The van der Waals surface area contributed by atoms with Gasteiger partial charge in [0.25, 0.3) is 0 Å². The second kappa shape index (κ2) is 8.55. The van der Waals surface area contributed by atoms with Crippen molar-refractivity contribution in [2.75, 3.05) is 13.2 Å². The van der Waals surface area contributed by atoms with Gasteiger partial charge in [-0.1, -0.05) is 6.07 Å². The zero-order valence-electron chi connectivity index (χ0n) is 13.8. The summed E-state index contributed by atoms with van der Waals surface area (Å²) >= 11 is 0. The number of amides is 1. The third-order valence-electron chi connectivity index (χ3n) is 4.27. The van der Waals surface area contributed by atoms with E-state index in [1.165, 1.54) is 0 Å². The number of nitrogens with zero attached hydrogens (tertiary/aromatic N) is 3. The first kappa shape index (κ1) is 16.6. The van der Waals surface area contributed by atoms with Crippen molar-refractivity contribution >= 4 is 5.91 Å². The number of aromatic nitrogens is 2. The van der Waals surface area contributed by atoms with Crippen molar-refractivity contribution < 1.29 is 9.53 Å². The van der Waals surface area contributed by atoms with Gasteiger partial charge in [-0.25, -0.2) is 0 Å². The zero-order chi connectivity index (χ0) is 16.6. The maximum absolute atomic E-state index is 12.7. The molecule has 5 nitrogen and oxygen atoms in total. The molecule has 1 amide bonds. The predicted molar refractivity (Wildman–Crippen MR) is 91.2 cm³/mol. The molecule has 0 aromatic carbocycles. The Morgan fingerprint density at radius 3 is 2.75 bits per heavy atom. The van der Waals surface area contributed by atoms with Crippen molar-refractivity contribution in [2.24, 2.45) is 0 Å². The molecule has 0 saturated carbocycles. The number of aryl methyl sites for hydroxylation is 1. The molecule has 0 aliphatic carbocycles. The highest BCUT2D eigenvalue weighted by Crippen LogP contribution is 2.16. The molecule has 3 rings (SSSR count). The standard InChI is InChI=1S/C19H23N3O2/c23-19(6-5-16-3-1-9-21-13-16)22(15-18-4-2-12-24-18)14-17-7-10-20-11-8-17/h1,3,7-11,13,18H,2,4-6,12,14-15H2/t18-/m0/s1. The van der Waals surface area contributed by atoms with Gasteiger partial charge >= 0.3 is 0 Å². The molecule has 1 aliphatic rings. The molecule has 5 heteroatoms. The number of ether oxygens (including phenoxy) is 1. The van der Waals surface area contributed by atoms with Gasteiger partial charge in [0, 0.05) is 50.9 Å². The molecule has 0 radical (unpaired) electrons. The van der Waals surface area contributed by atoms with Gasteiger partial charge in [-0.05, 0) is 48.6 Å². The Morgan fingerprint density at radius 2 is 2.04 bits per heavy atom. The molecule has 0 unspecified atom stereocenters. The number of carbonyl (C=O) groups excluding carboxylic acids is 1. The summed E-state index contributed by atoms with van der Waals surface area (Å²) in [7, 11) is 0. The zero-order valence-corrected chi connectivity index (χ0v) is 13.8. The Bertz CT molecular complexity index is 628. The minimum absolute atomic E-state index is 0.158. The van der Waals surface area contributed by atoms with Crippen molar-refractivity contribution in [3.63, 3.8) is 0 Å². The highest BCUT2D eigenvalue weighted by Gasteiger charge is 2.22. The summed E-state index contributed by atoms with van der Waals surface area (Å²) in [5, 5.41) is 0. The molecule has 1 fully saturated rings. The van der Waals surface area contributed by atoms with Crippen LogP contribution < -0.4 is 0 Å². The SMILES string of the molecule is O=C(CCc1cccnc1)N(Cc1ccncc1)C[C@@H]1CCCO1. The molecule has 24 heavy (non-hydrogen) atoms. The van der Waals surface area contributed by atoms with Crippen LogP contribution in [0.1, 0.15) is 30.4 Å². The van der Waals surface area contributed by atoms with E-state index in [1.54, 1.807) is 18.6 Å². The summed E-state index contributed by atoms with van der Waals surface area (Å²) in [4.78, 5) is 22.8. The van der Waals surface area contributed by atoms with E-state index in [0.717, 1.165) is 30.6 Å². The minimum Gasteiger partial charge on any atom is -0.376 e. The topological polar surface area (TPSA) is 55.3 Å². The van der Waals surface area contributed by atoms with Crippen molar-refractivity contribution in [3.05, 3.63) is 60.2 Å². The summed E-state index contributed by atoms with van der Waals surface area (Å²) in [6.45, 7) is 2.07. The maximum atomic E-state index is 12.7. The molecule has 2 aromatic heterocycles. The van der Waals surface area contributed by atoms with Crippen LogP contribution in [0, 0.1) is 0 Å². The second-order valence-corrected chi connectivity index (χ2v) is 6.13. The minimum atomic E-state index is 0.158. The quantitative estimate of drug-likeness (QED) is 0.785. The van der Waals surface area contributed by atoms with E-state index in [0.29, 0.717) is 25.9 Å². The first-order chi connectivity index (χ1) is 11.8. The predicted octanol–water partition coefficient (Wildman–Crippen LogP) is 2.62. The maximum Gasteiger partial charge on any atom is 0.223 e. The summed E-state index contributed by atoms with van der Waals surface area (Å²) in [6, 6.07) is 7.82. The molecule has 1 aliphatic heterocycles. The molecule has 126 valence electrons. The molecule has 1 atom stereocenters. The normalized spacial score (nSPS) is 16.9. The van der Waals surface area contributed by atoms with E-state index in [9.17, 15) is 4.79 Å². The van der Waals surface area contributed by atoms with Crippen molar-refractivity contribution in [3.8, 4) is 0 Å². The van der Waals surface area contributed by atoms with Crippen molar-refractivity contribution in [2.45, 2.75) is 38.3 Å². The molecule has 0 N–H and O–H groups in total. The average Bonchev–Trinajstić information content (AvgIpc) is 3.14. The van der Waals surface area contributed by atoms with E-state index in [2.05, 4.69) is 9.97 Å². The fourth-order valence-electron chi connectivity index (χ4n) is 2.95. The lowest BCUT2D eigenvalue weighted by atomic mass is 10.1. The van der Waals surface area contributed by atoms with E-state index in [-0.39, 0.29) is 12.0 Å². The van der Waals surface area contributed by atoms with Crippen LogP contribution in [-0.2, 0) is 22.5 Å². The lowest BCUT2D eigenvalue weighted by Gasteiger charge is -2.25. The summed E-state index contributed by atoms with van der Waals surface area (Å²) in [6.07, 6.45) is 10.6. The van der Waals surface area contributed by atoms with Crippen molar-refractivity contribution in [1.29, 1.82) is 0 Å². The van der Waals surface area contributed by atoms with Crippen LogP contribution in [0.25, 0.3) is 0 Å². The third-order valence-corrected chi connectivity index (χ3v) is 4.27. The second-order valence-electron chi connectivity index (χ2n) is 6.13. The van der Waals surface area contributed by atoms with Gasteiger partial charge in [0.15, 0.2) is 0 Å². The average molecular weight is 325 g/mol. The number of carbonyl (C=O) groups is 1. The van der Waals surface area contributed by atoms with E-state index in [4.69, 9.17) is 4.74 Å². The molecule has 1 saturated heterocycles. The van der Waals surface area contributed by atoms with Gasteiger partial charge in [-0.2, -0.15) is 0 Å². The number of hydrogen-bond acceptors (Lipinski definition) is 4. The summed E-state index contributed by atoms with van der Waals surface area (Å²) in [5.74, 6) is 0.158. The fraction of sp³-hybridized carbons (Fsp3) is 0.421. The Balaban J connectivity index is 1.62. The number of pyridine rings is 2. The molecule has 0 bridgehead atoms. The Hall–Kier alpha value is -2.27. The van der Waals surface area contributed by atoms with Crippen LogP contribution in [0.2, 0.25) is 0 Å². The Kier molecular flexibility index (Phi) is 5.90. The van der Waals surface area contributed by atoms with Crippen LogP contribution in [0.15, 0.2) is 49.1 Å². The lowest BCUT2D eigenvalue weighted by Crippen LogP contribution is -2.37. The van der Waals surface area contributed by atoms with Gasteiger partial charge in [0.1, 0.15) is 0 Å². The molecule has 2 aromatic rings. The van der Waals surface area contributed by atoms with Gasteiger partial charge in [0.05, 0.1) is 6.10 Å². The van der Waals surface area contributed by atoms with Gasteiger partial charge in [-0.3, -0.25) is 14.8 Å². The van der Waals surface area contributed by atoms with Crippen molar-refractivity contribution in [1.82, 2.24) is 14.9 Å². The van der Waals surface area contributed by atoms with Crippen LogP contribution in [0.3, 0.4) is 0 Å². The highest BCUT2D eigenvalue weighted by atomic mass is 16.5. The third kappa shape index (κ3) is 4.86. The van der Waals surface area contributed by atoms with E-state index >= 15 is 0 Å². The number of hydrogen-bond donors (Lipinski definition) is 0. The summed E-state index contributed by atoms with van der Waals surface area (Å²) < 4.78 is 5.72. The molecule has 0 spiro atoms. The first-order valence-electron chi connectivity index (χ1n) is 8.48. The monoisotopic (exact) mass is 325 g/mol. The Labute approximate surface area is 142 Å². The van der Waals surface area contributed by atoms with Gasteiger partial charge < -0.3 is 9.64 Å². The van der Waals surface area contributed by atoms with Crippen LogP contribution in [-0.4, -0.2) is 40.0 Å². The highest BCUT2D eigenvalue weighted by molar-refractivity contribution is 5.76. The summed E-state index contributed by atoms with van der Waals surface area (Å²) in [5.41, 5.74) is 2.18. The molecular weight excluding hydrogens is 302 g/mol. The van der Waals surface area contributed by atoms with Gasteiger partial charge in [0.2, 0.25) is 5.91 Å².